The highest BCUT2D eigenvalue weighted by Crippen LogP contribution is 2.29. The standard InChI is InChI=1S/C17H19NO/c1-3-18(4-2)12-13-9-10-17-15(11-13)14-7-5-6-8-16(14)19-17/h5-11H,3-4,12H2,1-2H3. The summed E-state index contributed by atoms with van der Waals surface area (Å²) >= 11 is 0. The summed E-state index contributed by atoms with van der Waals surface area (Å²) < 4.78 is 5.85. The molecule has 0 aliphatic rings. The van der Waals surface area contributed by atoms with Crippen molar-refractivity contribution in [1.82, 2.24) is 4.90 Å². The van der Waals surface area contributed by atoms with Gasteiger partial charge < -0.3 is 4.42 Å². The van der Waals surface area contributed by atoms with Crippen molar-refractivity contribution in [2.75, 3.05) is 13.1 Å². The second kappa shape index (κ2) is 5.06. The van der Waals surface area contributed by atoms with Crippen LogP contribution in [0.4, 0.5) is 0 Å². The smallest absolute Gasteiger partial charge is 0.135 e. The van der Waals surface area contributed by atoms with Gasteiger partial charge in [0.2, 0.25) is 0 Å². The molecule has 2 aromatic carbocycles. The van der Waals surface area contributed by atoms with Crippen LogP contribution in [0.5, 0.6) is 0 Å². The summed E-state index contributed by atoms with van der Waals surface area (Å²) in [5.74, 6) is 0. The maximum Gasteiger partial charge on any atom is 0.135 e. The van der Waals surface area contributed by atoms with Gasteiger partial charge in [0.25, 0.3) is 0 Å². The highest BCUT2D eigenvalue weighted by Gasteiger charge is 2.08. The van der Waals surface area contributed by atoms with Crippen LogP contribution in [0.2, 0.25) is 0 Å². The van der Waals surface area contributed by atoms with Gasteiger partial charge in [-0.05, 0) is 36.9 Å². The Labute approximate surface area is 113 Å². The van der Waals surface area contributed by atoms with E-state index in [0.717, 1.165) is 30.8 Å². The molecule has 0 saturated carbocycles. The summed E-state index contributed by atoms with van der Waals surface area (Å²) in [5, 5.41) is 2.43. The fourth-order valence-corrected chi connectivity index (χ4v) is 2.58. The first kappa shape index (κ1) is 12.2. The van der Waals surface area contributed by atoms with E-state index in [-0.39, 0.29) is 0 Å². The van der Waals surface area contributed by atoms with Crippen molar-refractivity contribution in [2.45, 2.75) is 20.4 Å². The molecule has 19 heavy (non-hydrogen) atoms. The van der Waals surface area contributed by atoms with E-state index >= 15 is 0 Å². The Morgan fingerprint density at radius 1 is 0.895 bits per heavy atom. The second-order valence-electron chi connectivity index (χ2n) is 4.89. The normalized spacial score (nSPS) is 11.7. The third kappa shape index (κ3) is 2.24. The summed E-state index contributed by atoms with van der Waals surface area (Å²) in [7, 11) is 0. The predicted molar refractivity (Wildman–Crippen MR) is 80.3 cm³/mol. The monoisotopic (exact) mass is 253 g/mol. The van der Waals surface area contributed by atoms with E-state index in [2.05, 4.69) is 49.1 Å². The molecule has 2 nitrogen and oxygen atoms in total. The Balaban J connectivity index is 2.06. The topological polar surface area (TPSA) is 16.4 Å². The Kier molecular flexibility index (Phi) is 3.26. The summed E-state index contributed by atoms with van der Waals surface area (Å²) in [6.45, 7) is 7.58. The number of hydrogen-bond acceptors (Lipinski definition) is 2. The van der Waals surface area contributed by atoms with Crippen molar-refractivity contribution >= 4 is 21.9 Å². The largest absolute Gasteiger partial charge is 0.456 e. The van der Waals surface area contributed by atoms with E-state index < -0.39 is 0 Å². The van der Waals surface area contributed by atoms with Crippen LogP contribution in [0.25, 0.3) is 21.9 Å². The van der Waals surface area contributed by atoms with Gasteiger partial charge in [0.15, 0.2) is 0 Å². The van der Waals surface area contributed by atoms with Crippen LogP contribution in [-0.4, -0.2) is 18.0 Å². The Bertz CT molecular complexity index is 695. The average molecular weight is 253 g/mol. The molecule has 0 amide bonds. The first-order chi connectivity index (χ1) is 9.31. The van der Waals surface area contributed by atoms with Crippen molar-refractivity contribution < 1.29 is 4.42 Å². The Hall–Kier alpha value is -1.80. The van der Waals surface area contributed by atoms with Crippen LogP contribution < -0.4 is 0 Å². The van der Waals surface area contributed by atoms with Crippen LogP contribution in [0.15, 0.2) is 46.9 Å². The molecular formula is C17H19NO. The molecule has 0 unspecified atom stereocenters. The average Bonchev–Trinajstić information content (AvgIpc) is 2.82. The first-order valence-electron chi connectivity index (χ1n) is 6.94. The molecule has 1 aromatic heterocycles. The molecule has 1 heterocycles. The molecule has 0 radical (unpaired) electrons. The zero-order valence-corrected chi connectivity index (χ0v) is 11.5. The lowest BCUT2D eigenvalue weighted by Gasteiger charge is -2.17. The molecule has 0 fully saturated rings. The molecule has 0 saturated heterocycles. The van der Waals surface area contributed by atoms with Crippen molar-refractivity contribution in [3.63, 3.8) is 0 Å². The fourth-order valence-electron chi connectivity index (χ4n) is 2.58. The zero-order valence-electron chi connectivity index (χ0n) is 11.5. The van der Waals surface area contributed by atoms with Crippen molar-refractivity contribution in [3.8, 4) is 0 Å². The summed E-state index contributed by atoms with van der Waals surface area (Å²) in [4.78, 5) is 2.42. The second-order valence-corrected chi connectivity index (χ2v) is 4.89. The van der Waals surface area contributed by atoms with Gasteiger partial charge in [0.05, 0.1) is 0 Å². The molecule has 3 aromatic rings. The van der Waals surface area contributed by atoms with Gasteiger partial charge >= 0.3 is 0 Å². The van der Waals surface area contributed by atoms with Crippen molar-refractivity contribution in [1.29, 1.82) is 0 Å². The molecule has 0 aliphatic carbocycles. The zero-order chi connectivity index (χ0) is 13.2. The Morgan fingerprint density at radius 2 is 1.63 bits per heavy atom. The van der Waals surface area contributed by atoms with Crippen LogP contribution in [0, 0.1) is 0 Å². The van der Waals surface area contributed by atoms with Gasteiger partial charge in [-0.1, -0.05) is 38.1 Å². The Morgan fingerprint density at radius 3 is 2.42 bits per heavy atom. The van der Waals surface area contributed by atoms with E-state index in [9.17, 15) is 0 Å². The summed E-state index contributed by atoms with van der Waals surface area (Å²) in [6, 6.07) is 14.8. The fraction of sp³-hybridized carbons (Fsp3) is 0.294. The van der Waals surface area contributed by atoms with E-state index in [1.165, 1.54) is 16.3 Å². The first-order valence-corrected chi connectivity index (χ1v) is 6.94. The predicted octanol–water partition coefficient (Wildman–Crippen LogP) is 4.43. The van der Waals surface area contributed by atoms with Crippen molar-refractivity contribution in [3.05, 3.63) is 48.0 Å². The minimum atomic E-state index is 0.970. The van der Waals surface area contributed by atoms with Gasteiger partial charge in [-0.15, -0.1) is 0 Å². The molecule has 0 spiro atoms. The van der Waals surface area contributed by atoms with Gasteiger partial charge in [-0.3, -0.25) is 4.90 Å². The molecule has 0 aliphatic heterocycles. The molecule has 3 rings (SSSR count). The number of fused-ring (bicyclic) bond motifs is 3. The quantitative estimate of drug-likeness (QED) is 0.684. The molecule has 0 atom stereocenters. The van der Waals surface area contributed by atoms with Crippen LogP contribution in [0.3, 0.4) is 0 Å². The highest BCUT2D eigenvalue weighted by atomic mass is 16.3. The summed E-state index contributed by atoms with van der Waals surface area (Å²) in [6.07, 6.45) is 0. The third-order valence-electron chi connectivity index (χ3n) is 3.74. The van der Waals surface area contributed by atoms with Gasteiger partial charge in [0.1, 0.15) is 11.2 Å². The number of rotatable bonds is 4. The lowest BCUT2D eigenvalue weighted by molar-refractivity contribution is 0.296. The van der Waals surface area contributed by atoms with E-state index in [1.807, 2.05) is 12.1 Å². The number of hydrogen-bond donors (Lipinski definition) is 0. The minimum Gasteiger partial charge on any atom is -0.456 e. The van der Waals surface area contributed by atoms with Crippen LogP contribution in [-0.2, 0) is 6.54 Å². The van der Waals surface area contributed by atoms with Gasteiger partial charge in [-0.25, -0.2) is 0 Å². The number of para-hydroxylation sites is 1. The van der Waals surface area contributed by atoms with E-state index in [0.29, 0.717) is 0 Å². The maximum atomic E-state index is 5.85. The third-order valence-corrected chi connectivity index (χ3v) is 3.74. The molecule has 0 bridgehead atoms. The minimum absolute atomic E-state index is 0.970. The van der Waals surface area contributed by atoms with E-state index in [4.69, 9.17) is 4.42 Å². The van der Waals surface area contributed by atoms with Crippen LogP contribution >= 0.6 is 0 Å². The number of benzene rings is 2. The van der Waals surface area contributed by atoms with Crippen LogP contribution in [0.1, 0.15) is 19.4 Å². The number of furan rings is 1. The van der Waals surface area contributed by atoms with Crippen molar-refractivity contribution in [2.24, 2.45) is 0 Å². The molecule has 98 valence electrons. The summed E-state index contributed by atoms with van der Waals surface area (Å²) in [5.41, 5.74) is 3.30. The van der Waals surface area contributed by atoms with Gasteiger partial charge in [0, 0.05) is 17.3 Å². The molecular weight excluding hydrogens is 234 g/mol. The maximum absolute atomic E-state index is 5.85. The lowest BCUT2D eigenvalue weighted by Crippen LogP contribution is -2.21. The SMILES string of the molecule is CCN(CC)Cc1ccc2oc3ccccc3c2c1. The van der Waals surface area contributed by atoms with Gasteiger partial charge in [-0.2, -0.15) is 0 Å². The molecule has 0 N–H and O–H groups in total. The molecule has 2 heteroatoms. The number of nitrogens with zero attached hydrogens (tertiary/aromatic N) is 1. The highest BCUT2D eigenvalue weighted by molar-refractivity contribution is 6.04. The lowest BCUT2D eigenvalue weighted by atomic mass is 10.1. The van der Waals surface area contributed by atoms with E-state index in [1.54, 1.807) is 0 Å².